The van der Waals surface area contributed by atoms with Gasteiger partial charge in [-0.15, -0.1) is 0 Å². The number of benzene rings is 2. The minimum Gasteiger partial charge on any atom is -0.379 e. The zero-order chi connectivity index (χ0) is 26.9. The van der Waals surface area contributed by atoms with Crippen molar-refractivity contribution in [3.05, 3.63) is 87.3 Å². The third kappa shape index (κ3) is 4.54. The molecule has 10 heteroatoms. The summed E-state index contributed by atoms with van der Waals surface area (Å²) in [6, 6.07) is 12.8. The van der Waals surface area contributed by atoms with Crippen LogP contribution in [0.25, 0.3) is 16.9 Å². The molecule has 1 amide bonds. The van der Waals surface area contributed by atoms with Gasteiger partial charge < -0.3 is 4.74 Å². The molecule has 4 heterocycles. The Bertz CT molecular complexity index is 1640. The average Bonchev–Trinajstić information content (AvgIpc) is 3.61. The van der Waals surface area contributed by atoms with E-state index in [1.165, 1.54) is 6.33 Å². The van der Waals surface area contributed by atoms with E-state index in [4.69, 9.17) is 4.74 Å². The van der Waals surface area contributed by atoms with E-state index in [1.807, 2.05) is 43.3 Å². The first-order valence-corrected chi connectivity index (χ1v) is 13.3. The molecule has 2 aromatic heterocycles. The number of amides is 1. The summed E-state index contributed by atoms with van der Waals surface area (Å²) >= 11 is 0. The lowest BCUT2D eigenvalue weighted by molar-refractivity contribution is -0.119. The normalized spacial score (nSPS) is 17.4. The molecular weight excluding hydrogens is 499 g/mol. The number of halogens is 1. The second-order valence-corrected chi connectivity index (χ2v) is 9.97. The Kier molecular flexibility index (Phi) is 6.78. The van der Waals surface area contributed by atoms with Crippen molar-refractivity contribution in [1.29, 1.82) is 0 Å². The molecule has 1 unspecified atom stereocenters. The molecule has 2 aromatic carbocycles. The van der Waals surface area contributed by atoms with E-state index in [-0.39, 0.29) is 35.9 Å². The van der Waals surface area contributed by atoms with Gasteiger partial charge in [0.1, 0.15) is 12.1 Å². The first kappa shape index (κ1) is 25.1. The molecule has 39 heavy (non-hydrogen) atoms. The summed E-state index contributed by atoms with van der Waals surface area (Å²) in [5.41, 5.74) is 5.89. The van der Waals surface area contributed by atoms with Gasteiger partial charge in [0.15, 0.2) is 0 Å². The van der Waals surface area contributed by atoms with Crippen molar-refractivity contribution < 1.29 is 13.9 Å². The van der Waals surface area contributed by atoms with E-state index in [0.29, 0.717) is 47.8 Å². The summed E-state index contributed by atoms with van der Waals surface area (Å²) in [4.78, 5) is 30.5. The third-order valence-electron chi connectivity index (χ3n) is 7.42. The molecule has 0 saturated carbocycles. The number of hydrazone groups is 1. The summed E-state index contributed by atoms with van der Waals surface area (Å²) in [5.74, 6) is -0.291. The van der Waals surface area contributed by atoms with E-state index in [9.17, 15) is 9.59 Å². The Morgan fingerprint density at radius 2 is 2.00 bits per heavy atom. The van der Waals surface area contributed by atoms with Crippen molar-refractivity contribution in [2.75, 3.05) is 13.2 Å². The molecule has 2 aliphatic heterocycles. The highest BCUT2D eigenvalue weighted by Gasteiger charge is 2.28. The molecule has 1 N–H and O–H groups in total. The Morgan fingerprint density at radius 3 is 2.72 bits per heavy atom. The smallest absolute Gasteiger partial charge is 0.259 e. The predicted molar refractivity (Wildman–Crippen MR) is 144 cm³/mol. The number of nitrogens with one attached hydrogen (secondary N) is 1. The van der Waals surface area contributed by atoms with Crippen molar-refractivity contribution in [3.63, 3.8) is 0 Å². The molecule has 6 rings (SSSR count). The monoisotopic (exact) mass is 528 g/mol. The summed E-state index contributed by atoms with van der Waals surface area (Å²) in [7, 11) is 0. The summed E-state index contributed by atoms with van der Waals surface area (Å²) in [6.45, 7) is 3.11. The zero-order valence-electron chi connectivity index (χ0n) is 21.7. The highest BCUT2D eigenvalue weighted by atomic mass is 19.1. The van der Waals surface area contributed by atoms with Gasteiger partial charge in [0, 0.05) is 24.2 Å². The van der Waals surface area contributed by atoms with Crippen LogP contribution in [0.2, 0.25) is 0 Å². The van der Waals surface area contributed by atoms with Gasteiger partial charge in [0.2, 0.25) is 11.7 Å². The first-order valence-electron chi connectivity index (χ1n) is 13.3. The zero-order valence-corrected chi connectivity index (χ0v) is 21.7. The van der Waals surface area contributed by atoms with Crippen LogP contribution in [-0.2, 0) is 22.4 Å². The summed E-state index contributed by atoms with van der Waals surface area (Å²) in [5, 5.41) is 8.58. The van der Waals surface area contributed by atoms with Gasteiger partial charge in [-0.1, -0.05) is 55.8 Å². The fourth-order valence-electron chi connectivity index (χ4n) is 5.60. The van der Waals surface area contributed by atoms with Crippen LogP contribution >= 0.6 is 0 Å². The Balaban J connectivity index is 1.52. The van der Waals surface area contributed by atoms with Crippen LogP contribution in [0.1, 0.15) is 61.0 Å². The Labute approximate surface area is 224 Å². The van der Waals surface area contributed by atoms with Gasteiger partial charge in [0.05, 0.1) is 30.5 Å². The van der Waals surface area contributed by atoms with Crippen LogP contribution in [0.4, 0.5) is 4.39 Å². The fraction of sp³-hybridized carbons (Fsp3) is 0.345. The quantitative estimate of drug-likeness (QED) is 0.393. The van der Waals surface area contributed by atoms with Crippen molar-refractivity contribution in [2.24, 2.45) is 5.10 Å². The van der Waals surface area contributed by atoms with Gasteiger partial charge >= 0.3 is 0 Å². The number of ether oxygens (including phenoxy) is 1. The number of rotatable bonds is 7. The molecule has 4 aromatic rings. The van der Waals surface area contributed by atoms with E-state index in [0.717, 1.165) is 30.5 Å². The molecule has 0 aliphatic carbocycles. The molecule has 1 fully saturated rings. The Hall–Kier alpha value is -4.18. The maximum Gasteiger partial charge on any atom is 0.259 e. The Morgan fingerprint density at radius 1 is 1.15 bits per heavy atom. The number of nitrogens with zero attached hydrogens (tertiary/aromatic N) is 5. The van der Waals surface area contributed by atoms with Crippen molar-refractivity contribution in [3.8, 4) is 11.1 Å². The standard InChI is InChI=1S/C29H29FN6O3/c1-2-7-24-22(28(38)35(20-10-6-13-39-16-20)29-31-17-32-36(24)29)14-19-11-12-21(18-8-4-3-5-9-18)26(27(19)30)23-15-25(37)34-33-23/h3-5,8-9,11-12,17,20H,2,6-7,10,13-16H2,1H3,(H,34,37). The predicted octanol–water partition coefficient (Wildman–Crippen LogP) is 3.82. The van der Waals surface area contributed by atoms with Gasteiger partial charge in [0.25, 0.3) is 5.56 Å². The van der Waals surface area contributed by atoms with Gasteiger partial charge in [-0.3, -0.25) is 14.2 Å². The van der Waals surface area contributed by atoms with Crippen LogP contribution < -0.4 is 11.0 Å². The van der Waals surface area contributed by atoms with E-state index in [1.54, 1.807) is 15.1 Å². The number of aryl methyl sites for hydroxylation is 1. The van der Waals surface area contributed by atoms with Crippen molar-refractivity contribution >= 4 is 17.4 Å². The second-order valence-electron chi connectivity index (χ2n) is 9.97. The molecule has 2 aliphatic rings. The number of hydrogen-bond acceptors (Lipinski definition) is 6. The molecule has 0 bridgehead atoms. The first-order chi connectivity index (χ1) is 19.1. The molecule has 0 radical (unpaired) electrons. The molecule has 200 valence electrons. The van der Waals surface area contributed by atoms with Crippen molar-refractivity contribution in [1.82, 2.24) is 24.6 Å². The van der Waals surface area contributed by atoms with Crippen LogP contribution in [0.3, 0.4) is 0 Å². The SMILES string of the molecule is CCCc1c(Cc2ccc(-c3ccccc3)c(C3=NNC(=O)C3)c2F)c(=O)n(C2CCCOC2)c2ncnn12. The molecular formula is C29H29FN6O3. The lowest BCUT2D eigenvalue weighted by atomic mass is 9.90. The van der Waals surface area contributed by atoms with Crippen LogP contribution in [0.15, 0.2) is 58.7 Å². The third-order valence-corrected chi connectivity index (χ3v) is 7.42. The van der Waals surface area contributed by atoms with E-state index < -0.39 is 5.82 Å². The molecule has 1 saturated heterocycles. The molecule has 1 atom stereocenters. The minimum atomic E-state index is -0.486. The topological polar surface area (TPSA) is 103 Å². The summed E-state index contributed by atoms with van der Waals surface area (Å²) < 4.78 is 25.5. The van der Waals surface area contributed by atoms with Gasteiger partial charge in [-0.05, 0) is 36.0 Å². The molecule has 0 spiro atoms. The average molecular weight is 529 g/mol. The maximum atomic E-state index is 16.5. The number of carbonyl (C=O) groups is 1. The van der Waals surface area contributed by atoms with E-state index >= 15 is 4.39 Å². The lowest BCUT2D eigenvalue weighted by Crippen LogP contribution is -2.35. The van der Waals surface area contributed by atoms with Crippen LogP contribution in [0.5, 0.6) is 0 Å². The number of carbonyl (C=O) groups excluding carboxylic acids is 1. The highest BCUT2D eigenvalue weighted by Crippen LogP contribution is 2.31. The largest absolute Gasteiger partial charge is 0.379 e. The minimum absolute atomic E-state index is 0.0132. The lowest BCUT2D eigenvalue weighted by Gasteiger charge is -2.26. The number of fused-ring (bicyclic) bond motifs is 1. The second kappa shape index (κ2) is 10.5. The van der Waals surface area contributed by atoms with Crippen LogP contribution in [0, 0.1) is 5.82 Å². The number of hydrogen-bond donors (Lipinski definition) is 1. The van der Waals surface area contributed by atoms with E-state index in [2.05, 4.69) is 20.6 Å². The summed E-state index contributed by atoms with van der Waals surface area (Å²) in [6.07, 6.45) is 4.52. The maximum absolute atomic E-state index is 16.5. The van der Waals surface area contributed by atoms with Gasteiger partial charge in [-0.25, -0.2) is 14.3 Å². The van der Waals surface area contributed by atoms with Crippen molar-refractivity contribution in [2.45, 2.75) is 51.5 Å². The fourth-order valence-corrected chi connectivity index (χ4v) is 5.60. The van der Waals surface area contributed by atoms with Crippen LogP contribution in [-0.4, -0.2) is 44.0 Å². The number of aromatic nitrogens is 4. The highest BCUT2D eigenvalue weighted by molar-refractivity contribution is 6.16. The van der Waals surface area contributed by atoms with Gasteiger partial charge in [-0.2, -0.15) is 15.2 Å². The molecule has 9 nitrogen and oxygen atoms in total.